The van der Waals surface area contributed by atoms with E-state index in [1.807, 2.05) is 0 Å². The number of carbonyl (C=O) groups is 2. The molecular weight excluding hydrogens is 218 g/mol. The van der Waals surface area contributed by atoms with Crippen molar-refractivity contribution in [1.82, 2.24) is 14.9 Å². The molecule has 17 heavy (non-hydrogen) atoms. The Kier molecular flexibility index (Phi) is 2.39. The first-order valence-electron chi connectivity index (χ1n) is 5.98. The molecule has 0 N–H and O–H groups in total. The lowest BCUT2D eigenvalue weighted by atomic mass is 9.94. The number of imide groups is 1. The van der Waals surface area contributed by atoms with E-state index in [0.717, 1.165) is 25.7 Å². The molecule has 2 amide bonds. The minimum atomic E-state index is -0.273. The highest BCUT2D eigenvalue weighted by Gasteiger charge is 2.42. The Hall–Kier alpha value is -1.78. The summed E-state index contributed by atoms with van der Waals surface area (Å²) < 4.78 is 0. The number of hydrogen-bond acceptors (Lipinski definition) is 4. The van der Waals surface area contributed by atoms with E-state index in [1.165, 1.54) is 23.7 Å². The predicted molar refractivity (Wildman–Crippen MR) is 59.4 cm³/mol. The van der Waals surface area contributed by atoms with E-state index in [4.69, 9.17) is 0 Å². The molecule has 1 saturated carbocycles. The maximum absolute atomic E-state index is 12.1. The van der Waals surface area contributed by atoms with E-state index in [0.29, 0.717) is 0 Å². The van der Waals surface area contributed by atoms with Gasteiger partial charge in [-0.1, -0.05) is 19.3 Å². The van der Waals surface area contributed by atoms with Gasteiger partial charge < -0.3 is 0 Å². The third-order valence-corrected chi connectivity index (χ3v) is 3.48. The van der Waals surface area contributed by atoms with Gasteiger partial charge in [-0.3, -0.25) is 14.5 Å². The summed E-state index contributed by atoms with van der Waals surface area (Å²) in [6.07, 6.45) is 8.08. The maximum atomic E-state index is 12.1. The number of fused-ring (bicyclic) bond motifs is 1. The SMILES string of the molecule is O=C1c2nccnc2C(=O)N1C1CCCCC1. The van der Waals surface area contributed by atoms with Crippen LogP contribution in [0.15, 0.2) is 12.4 Å². The topological polar surface area (TPSA) is 63.2 Å². The highest BCUT2D eigenvalue weighted by molar-refractivity contribution is 6.19. The summed E-state index contributed by atoms with van der Waals surface area (Å²) in [6.45, 7) is 0. The van der Waals surface area contributed by atoms with Gasteiger partial charge in [0.15, 0.2) is 11.4 Å². The van der Waals surface area contributed by atoms with Gasteiger partial charge in [-0.25, -0.2) is 9.97 Å². The molecule has 2 aliphatic rings. The van der Waals surface area contributed by atoms with Crippen molar-refractivity contribution in [1.29, 1.82) is 0 Å². The molecule has 0 unspecified atom stereocenters. The molecule has 0 atom stereocenters. The summed E-state index contributed by atoms with van der Waals surface area (Å²) in [7, 11) is 0. The highest BCUT2D eigenvalue weighted by Crippen LogP contribution is 2.28. The Morgan fingerprint density at radius 1 is 0.941 bits per heavy atom. The second-order valence-corrected chi connectivity index (χ2v) is 4.53. The van der Waals surface area contributed by atoms with Gasteiger partial charge in [-0.2, -0.15) is 0 Å². The van der Waals surface area contributed by atoms with Crippen LogP contribution in [0.2, 0.25) is 0 Å². The van der Waals surface area contributed by atoms with Gasteiger partial charge in [0.2, 0.25) is 0 Å². The molecule has 1 aliphatic heterocycles. The van der Waals surface area contributed by atoms with E-state index >= 15 is 0 Å². The van der Waals surface area contributed by atoms with Gasteiger partial charge in [0.25, 0.3) is 11.8 Å². The molecule has 0 bridgehead atoms. The number of hydrogen-bond donors (Lipinski definition) is 0. The van der Waals surface area contributed by atoms with Crippen molar-refractivity contribution in [3.63, 3.8) is 0 Å². The molecule has 0 aromatic carbocycles. The Labute approximate surface area is 98.9 Å². The number of aromatic nitrogens is 2. The summed E-state index contributed by atoms with van der Waals surface area (Å²) in [5.41, 5.74) is 0.422. The molecule has 0 radical (unpaired) electrons. The molecule has 0 saturated heterocycles. The average Bonchev–Trinajstić information content (AvgIpc) is 2.64. The van der Waals surface area contributed by atoms with Crippen LogP contribution in [0.5, 0.6) is 0 Å². The smallest absolute Gasteiger partial charge is 0.268 e. The van der Waals surface area contributed by atoms with Gasteiger partial charge in [-0.05, 0) is 12.8 Å². The third-order valence-electron chi connectivity index (χ3n) is 3.48. The number of nitrogens with zero attached hydrogens (tertiary/aromatic N) is 3. The van der Waals surface area contributed by atoms with Crippen LogP contribution < -0.4 is 0 Å². The molecular formula is C12H13N3O2. The number of amides is 2. The first-order chi connectivity index (χ1) is 8.29. The second kappa shape index (κ2) is 3.91. The quantitative estimate of drug-likeness (QED) is 0.685. The van der Waals surface area contributed by atoms with Gasteiger partial charge in [0.05, 0.1) is 0 Å². The van der Waals surface area contributed by atoms with Gasteiger partial charge in [0, 0.05) is 18.4 Å². The zero-order chi connectivity index (χ0) is 11.8. The molecule has 2 heterocycles. The standard InChI is InChI=1S/C12H13N3O2/c16-11-9-10(14-7-6-13-9)12(17)15(11)8-4-2-1-3-5-8/h6-8H,1-5H2. The molecule has 5 nitrogen and oxygen atoms in total. The van der Waals surface area contributed by atoms with E-state index < -0.39 is 0 Å². The summed E-state index contributed by atoms with van der Waals surface area (Å²) in [5, 5.41) is 0. The lowest BCUT2D eigenvalue weighted by Crippen LogP contribution is -2.41. The van der Waals surface area contributed by atoms with Crippen LogP contribution in [0.25, 0.3) is 0 Å². The van der Waals surface area contributed by atoms with E-state index in [-0.39, 0.29) is 29.2 Å². The Morgan fingerprint density at radius 2 is 1.47 bits per heavy atom. The van der Waals surface area contributed by atoms with Crippen LogP contribution in [-0.4, -0.2) is 32.7 Å². The highest BCUT2D eigenvalue weighted by atomic mass is 16.2. The van der Waals surface area contributed by atoms with Crippen LogP contribution >= 0.6 is 0 Å². The van der Waals surface area contributed by atoms with Gasteiger partial charge in [-0.15, -0.1) is 0 Å². The van der Waals surface area contributed by atoms with Crippen LogP contribution in [0.3, 0.4) is 0 Å². The Morgan fingerprint density at radius 3 is 2.00 bits per heavy atom. The minimum Gasteiger partial charge on any atom is -0.268 e. The third kappa shape index (κ3) is 1.53. The van der Waals surface area contributed by atoms with Crippen molar-refractivity contribution in [2.45, 2.75) is 38.1 Å². The van der Waals surface area contributed by atoms with Crippen molar-refractivity contribution in [3.8, 4) is 0 Å². The molecule has 88 valence electrons. The molecule has 3 rings (SSSR count). The first kappa shape index (κ1) is 10.4. The van der Waals surface area contributed by atoms with Gasteiger partial charge in [0.1, 0.15) is 0 Å². The maximum Gasteiger partial charge on any atom is 0.282 e. The number of carbonyl (C=O) groups excluding carboxylic acids is 2. The predicted octanol–water partition coefficient (Wildman–Crippen LogP) is 1.41. The second-order valence-electron chi connectivity index (χ2n) is 4.53. The molecule has 1 aromatic heterocycles. The molecule has 1 fully saturated rings. The molecule has 5 heteroatoms. The lowest BCUT2D eigenvalue weighted by molar-refractivity contribution is 0.0545. The fraction of sp³-hybridized carbons (Fsp3) is 0.500. The minimum absolute atomic E-state index is 0.0414. The zero-order valence-corrected chi connectivity index (χ0v) is 9.43. The number of rotatable bonds is 1. The van der Waals surface area contributed by atoms with E-state index in [2.05, 4.69) is 9.97 Å². The summed E-state index contributed by atoms with van der Waals surface area (Å²) >= 11 is 0. The molecule has 1 aromatic rings. The monoisotopic (exact) mass is 231 g/mol. The van der Waals surface area contributed by atoms with Crippen molar-refractivity contribution >= 4 is 11.8 Å². The van der Waals surface area contributed by atoms with Crippen LogP contribution in [0.4, 0.5) is 0 Å². The zero-order valence-electron chi connectivity index (χ0n) is 9.43. The van der Waals surface area contributed by atoms with Crippen LogP contribution in [-0.2, 0) is 0 Å². The van der Waals surface area contributed by atoms with Gasteiger partial charge >= 0.3 is 0 Å². The Balaban J connectivity index is 1.94. The molecule has 0 spiro atoms. The lowest BCUT2D eigenvalue weighted by Gasteiger charge is -2.28. The normalized spacial score (nSPS) is 20.8. The van der Waals surface area contributed by atoms with Crippen LogP contribution in [0.1, 0.15) is 53.1 Å². The summed E-state index contributed by atoms with van der Waals surface area (Å²) in [4.78, 5) is 33.5. The Bertz CT molecular complexity index is 445. The van der Waals surface area contributed by atoms with E-state index in [1.54, 1.807) is 0 Å². The van der Waals surface area contributed by atoms with Crippen molar-refractivity contribution < 1.29 is 9.59 Å². The van der Waals surface area contributed by atoms with Crippen LogP contribution in [0, 0.1) is 0 Å². The average molecular weight is 231 g/mol. The fourth-order valence-electron chi connectivity index (χ4n) is 2.64. The fourth-order valence-corrected chi connectivity index (χ4v) is 2.64. The van der Waals surface area contributed by atoms with E-state index in [9.17, 15) is 9.59 Å². The molecule has 1 aliphatic carbocycles. The summed E-state index contributed by atoms with van der Waals surface area (Å²) in [5.74, 6) is -0.546. The van der Waals surface area contributed by atoms with Crippen molar-refractivity contribution in [3.05, 3.63) is 23.8 Å². The first-order valence-corrected chi connectivity index (χ1v) is 5.98. The van der Waals surface area contributed by atoms with Crippen molar-refractivity contribution in [2.75, 3.05) is 0 Å². The summed E-state index contributed by atoms with van der Waals surface area (Å²) in [6, 6.07) is 0.0414. The van der Waals surface area contributed by atoms with Crippen molar-refractivity contribution in [2.24, 2.45) is 0 Å². The largest absolute Gasteiger partial charge is 0.282 e.